The summed E-state index contributed by atoms with van der Waals surface area (Å²) in [6.07, 6.45) is -0.937. The summed E-state index contributed by atoms with van der Waals surface area (Å²) in [6.45, 7) is 7.55. The highest BCUT2D eigenvalue weighted by molar-refractivity contribution is 5.78. The average molecular weight is 373 g/mol. The Balaban J connectivity index is 2.17. The molecule has 0 amide bonds. The second-order valence-corrected chi connectivity index (χ2v) is 6.45. The standard InChI is InChI=1S/C20H23NO6/c1-12(2)15-7-6-13(3)19(10-15)26-14(4)20(22)27-18-9-8-16(25-5)11-17(18)21(23)24/h6-12,14H,1-5H3. The minimum atomic E-state index is -0.937. The maximum absolute atomic E-state index is 12.4. The van der Waals surface area contributed by atoms with Crippen molar-refractivity contribution in [2.45, 2.75) is 39.7 Å². The summed E-state index contributed by atoms with van der Waals surface area (Å²) in [6, 6.07) is 9.83. The number of esters is 1. The Morgan fingerprint density at radius 1 is 1.07 bits per heavy atom. The highest BCUT2D eigenvalue weighted by atomic mass is 16.6. The first-order valence-corrected chi connectivity index (χ1v) is 8.54. The molecule has 0 bridgehead atoms. The lowest BCUT2D eigenvalue weighted by atomic mass is 10.0. The molecule has 0 heterocycles. The Kier molecular flexibility index (Phi) is 6.39. The van der Waals surface area contributed by atoms with Gasteiger partial charge in [-0.05, 0) is 49.1 Å². The molecule has 2 aromatic rings. The molecule has 7 nitrogen and oxygen atoms in total. The molecule has 1 unspecified atom stereocenters. The number of hydrogen-bond acceptors (Lipinski definition) is 6. The number of nitro groups is 1. The molecule has 144 valence electrons. The second kappa shape index (κ2) is 8.53. The van der Waals surface area contributed by atoms with Crippen LogP contribution in [0.2, 0.25) is 0 Å². The molecular weight excluding hydrogens is 350 g/mol. The van der Waals surface area contributed by atoms with Gasteiger partial charge >= 0.3 is 11.7 Å². The Hall–Kier alpha value is -3.09. The van der Waals surface area contributed by atoms with Crippen LogP contribution in [0.15, 0.2) is 36.4 Å². The van der Waals surface area contributed by atoms with Crippen LogP contribution >= 0.6 is 0 Å². The molecule has 7 heteroatoms. The number of rotatable bonds is 7. The molecule has 2 aromatic carbocycles. The molecule has 0 aliphatic carbocycles. The molecule has 0 aromatic heterocycles. The number of carbonyl (C=O) groups excluding carboxylic acids is 1. The van der Waals surface area contributed by atoms with Crippen LogP contribution < -0.4 is 14.2 Å². The number of benzene rings is 2. The lowest BCUT2D eigenvalue weighted by molar-refractivity contribution is -0.385. The van der Waals surface area contributed by atoms with E-state index in [4.69, 9.17) is 14.2 Å². The number of carbonyl (C=O) groups is 1. The van der Waals surface area contributed by atoms with E-state index in [1.54, 1.807) is 6.92 Å². The normalized spacial score (nSPS) is 11.8. The highest BCUT2D eigenvalue weighted by Gasteiger charge is 2.24. The van der Waals surface area contributed by atoms with Crippen molar-refractivity contribution in [2.24, 2.45) is 0 Å². The Bertz CT molecular complexity index is 846. The van der Waals surface area contributed by atoms with E-state index in [1.807, 2.05) is 25.1 Å². The van der Waals surface area contributed by atoms with E-state index in [1.165, 1.54) is 25.3 Å². The third kappa shape index (κ3) is 4.97. The van der Waals surface area contributed by atoms with Gasteiger partial charge in [0.05, 0.1) is 18.1 Å². The first kappa shape index (κ1) is 20.2. The van der Waals surface area contributed by atoms with Gasteiger partial charge in [0, 0.05) is 0 Å². The second-order valence-electron chi connectivity index (χ2n) is 6.45. The maximum Gasteiger partial charge on any atom is 0.352 e. The zero-order chi connectivity index (χ0) is 20.1. The van der Waals surface area contributed by atoms with Crippen molar-refractivity contribution in [3.8, 4) is 17.2 Å². The molecule has 0 aliphatic heterocycles. The number of nitrogens with zero attached hydrogens (tertiary/aromatic N) is 1. The van der Waals surface area contributed by atoms with Crippen LogP contribution in [0.1, 0.15) is 37.8 Å². The van der Waals surface area contributed by atoms with Crippen molar-refractivity contribution in [3.63, 3.8) is 0 Å². The van der Waals surface area contributed by atoms with Gasteiger partial charge in [0.2, 0.25) is 5.75 Å². The highest BCUT2D eigenvalue weighted by Crippen LogP contribution is 2.32. The van der Waals surface area contributed by atoms with Crippen LogP contribution in [-0.2, 0) is 4.79 Å². The number of methoxy groups -OCH3 is 1. The summed E-state index contributed by atoms with van der Waals surface area (Å²) in [5, 5.41) is 11.2. The molecular formula is C20H23NO6. The van der Waals surface area contributed by atoms with Crippen LogP contribution in [0.3, 0.4) is 0 Å². The number of ether oxygens (including phenoxy) is 3. The van der Waals surface area contributed by atoms with Crippen LogP contribution in [0, 0.1) is 17.0 Å². The van der Waals surface area contributed by atoms with Crippen molar-refractivity contribution < 1.29 is 23.9 Å². The van der Waals surface area contributed by atoms with Gasteiger partial charge in [0.1, 0.15) is 11.5 Å². The molecule has 1 atom stereocenters. The van der Waals surface area contributed by atoms with E-state index in [2.05, 4.69) is 13.8 Å². The molecule has 27 heavy (non-hydrogen) atoms. The van der Waals surface area contributed by atoms with E-state index in [9.17, 15) is 14.9 Å². The minimum absolute atomic E-state index is 0.158. The Morgan fingerprint density at radius 2 is 1.78 bits per heavy atom. The molecule has 0 spiro atoms. The summed E-state index contributed by atoms with van der Waals surface area (Å²) in [7, 11) is 1.40. The minimum Gasteiger partial charge on any atom is -0.496 e. The zero-order valence-electron chi connectivity index (χ0n) is 16.0. The fourth-order valence-corrected chi connectivity index (χ4v) is 2.39. The summed E-state index contributed by atoms with van der Waals surface area (Å²) < 4.78 is 15.9. The van der Waals surface area contributed by atoms with Crippen LogP contribution in [0.5, 0.6) is 17.2 Å². The molecule has 0 saturated heterocycles. The predicted octanol–water partition coefficient (Wildman–Crippen LogP) is 4.41. The number of hydrogen-bond donors (Lipinski definition) is 0. The Labute approximate surface area is 158 Å². The zero-order valence-corrected chi connectivity index (χ0v) is 16.0. The van der Waals surface area contributed by atoms with Gasteiger partial charge in [-0.25, -0.2) is 4.79 Å². The van der Waals surface area contributed by atoms with Gasteiger partial charge < -0.3 is 14.2 Å². The van der Waals surface area contributed by atoms with Gasteiger partial charge in [0.15, 0.2) is 6.10 Å². The summed E-state index contributed by atoms with van der Waals surface area (Å²) >= 11 is 0. The SMILES string of the molecule is COc1ccc(OC(=O)C(C)Oc2cc(C(C)C)ccc2C)c([N+](=O)[O-])c1. The van der Waals surface area contributed by atoms with Gasteiger partial charge in [-0.1, -0.05) is 26.0 Å². The quantitative estimate of drug-likeness (QED) is 0.309. The van der Waals surface area contributed by atoms with E-state index >= 15 is 0 Å². The van der Waals surface area contributed by atoms with Crippen molar-refractivity contribution >= 4 is 11.7 Å². The number of nitro benzene ring substituents is 1. The van der Waals surface area contributed by atoms with E-state index in [0.29, 0.717) is 17.4 Å². The Morgan fingerprint density at radius 3 is 2.37 bits per heavy atom. The van der Waals surface area contributed by atoms with Crippen LogP contribution in [0.4, 0.5) is 5.69 Å². The largest absolute Gasteiger partial charge is 0.496 e. The molecule has 0 radical (unpaired) electrons. The fraction of sp³-hybridized carbons (Fsp3) is 0.350. The number of aryl methyl sites for hydroxylation is 1. The lowest BCUT2D eigenvalue weighted by Crippen LogP contribution is -2.29. The van der Waals surface area contributed by atoms with Gasteiger partial charge in [-0.2, -0.15) is 0 Å². The predicted molar refractivity (Wildman–Crippen MR) is 101 cm³/mol. The molecule has 0 N–H and O–H groups in total. The van der Waals surface area contributed by atoms with Crippen molar-refractivity contribution in [2.75, 3.05) is 7.11 Å². The monoisotopic (exact) mass is 373 g/mol. The summed E-state index contributed by atoms with van der Waals surface area (Å²) in [5.74, 6) is 0.311. The summed E-state index contributed by atoms with van der Waals surface area (Å²) in [4.78, 5) is 22.9. The van der Waals surface area contributed by atoms with Gasteiger partial charge in [-0.15, -0.1) is 0 Å². The van der Waals surface area contributed by atoms with Gasteiger partial charge in [0.25, 0.3) is 0 Å². The third-order valence-corrected chi connectivity index (χ3v) is 4.09. The van der Waals surface area contributed by atoms with Crippen molar-refractivity contribution in [3.05, 3.63) is 57.6 Å². The summed E-state index contributed by atoms with van der Waals surface area (Å²) in [5.41, 5.74) is 1.62. The van der Waals surface area contributed by atoms with Crippen LogP contribution in [-0.4, -0.2) is 24.1 Å². The first-order chi connectivity index (χ1) is 12.7. The third-order valence-electron chi connectivity index (χ3n) is 4.09. The van der Waals surface area contributed by atoms with E-state index in [0.717, 1.165) is 11.1 Å². The van der Waals surface area contributed by atoms with Crippen LogP contribution in [0.25, 0.3) is 0 Å². The van der Waals surface area contributed by atoms with Gasteiger partial charge in [-0.3, -0.25) is 10.1 Å². The van der Waals surface area contributed by atoms with E-state index in [-0.39, 0.29) is 11.4 Å². The van der Waals surface area contributed by atoms with E-state index < -0.39 is 17.0 Å². The van der Waals surface area contributed by atoms with Crippen molar-refractivity contribution in [1.82, 2.24) is 0 Å². The lowest BCUT2D eigenvalue weighted by Gasteiger charge is -2.17. The topological polar surface area (TPSA) is 87.9 Å². The first-order valence-electron chi connectivity index (χ1n) is 8.54. The molecule has 2 rings (SSSR count). The molecule has 0 saturated carbocycles. The van der Waals surface area contributed by atoms with Crippen molar-refractivity contribution in [1.29, 1.82) is 0 Å². The fourth-order valence-electron chi connectivity index (χ4n) is 2.39. The maximum atomic E-state index is 12.4. The molecule has 0 aliphatic rings. The average Bonchev–Trinajstić information content (AvgIpc) is 2.63. The smallest absolute Gasteiger partial charge is 0.352 e. The molecule has 0 fully saturated rings.